The molecule has 0 aliphatic carbocycles. The molecule has 16 heavy (non-hydrogen) atoms. The first-order valence-corrected chi connectivity index (χ1v) is 7.46. The average molecular weight is 318 g/mol. The number of aromatic nitrogens is 3. The Morgan fingerprint density at radius 2 is 2.25 bits per heavy atom. The van der Waals surface area contributed by atoms with E-state index in [2.05, 4.69) is 31.4 Å². The van der Waals surface area contributed by atoms with E-state index in [1.165, 1.54) is 5.69 Å². The summed E-state index contributed by atoms with van der Waals surface area (Å²) in [5.41, 5.74) is 3.33. The fourth-order valence-corrected chi connectivity index (χ4v) is 3.94. The van der Waals surface area contributed by atoms with E-state index in [0.29, 0.717) is 0 Å². The van der Waals surface area contributed by atoms with Gasteiger partial charge >= 0.3 is 0 Å². The summed E-state index contributed by atoms with van der Waals surface area (Å²) >= 11 is 7.01. The maximum absolute atomic E-state index is 4.43. The van der Waals surface area contributed by atoms with E-state index in [1.54, 1.807) is 23.1 Å². The zero-order valence-corrected chi connectivity index (χ0v) is 12.5. The van der Waals surface area contributed by atoms with E-state index in [4.69, 9.17) is 0 Å². The summed E-state index contributed by atoms with van der Waals surface area (Å²) in [5.74, 6) is 0.894. The van der Waals surface area contributed by atoms with Crippen molar-refractivity contribution in [2.45, 2.75) is 23.9 Å². The molecule has 0 aromatic carbocycles. The van der Waals surface area contributed by atoms with E-state index in [-0.39, 0.29) is 0 Å². The van der Waals surface area contributed by atoms with Gasteiger partial charge in [0.2, 0.25) is 0 Å². The molecule has 2 aromatic rings. The lowest BCUT2D eigenvalue weighted by Crippen LogP contribution is -1.96. The van der Waals surface area contributed by atoms with Crippen LogP contribution in [0.15, 0.2) is 14.2 Å². The minimum absolute atomic E-state index is 0.894. The monoisotopic (exact) mass is 317 g/mol. The summed E-state index contributed by atoms with van der Waals surface area (Å²) in [6.07, 6.45) is 0. The van der Waals surface area contributed by atoms with Crippen molar-refractivity contribution < 1.29 is 0 Å². The van der Waals surface area contributed by atoms with Crippen LogP contribution in [0.5, 0.6) is 0 Å². The minimum Gasteiger partial charge on any atom is -0.270 e. The zero-order chi connectivity index (χ0) is 11.7. The number of hydrogen-bond donors (Lipinski definition) is 0. The highest BCUT2D eigenvalue weighted by Crippen LogP contribution is 2.30. The summed E-state index contributed by atoms with van der Waals surface area (Å²) in [5, 5.41) is 6.44. The molecule has 2 rings (SSSR count). The maximum Gasteiger partial charge on any atom is 0.150 e. The standard InChI is InChI=1S/C10H12BrN3S2/c1-6-4-15-10(12-6)16-5-8-9(11)7(2)13-14(8)3/h4H,5H2,1-3H3. The second-order valence-electron chi connectivity index (χ2n) is 3.51. The molecule has 0 saturated carbocycles. The maximum atomic E-state index is 4.43. The van der Waals surface area contributed by atoms with Crippen LogP contribution in [0.3, 0.4) is 0 Å². The number of thioether (sulfide) groups is 1. The lowest BCUT2D eigenvalue weighted by molar-refractivity contribution is 0.727. The fourth-order valence-electron chi connectivity index (χ4n) is 1.37. The van der Waals surface area contributed by atoms with E-state index < -0.39 is 0 Å². The molecular formula is C10H12BrN3S2. The Labute approximate surface area is 111 Å². The van der Waals surface area contributed by atoms with Crippen LogP contribution in [0.1, 0.15) is 17.1 Å². The first-order valence-electron chi connectivity index (χ1n) is 4.81. The van der Waals surface area contributed by atoms with Gasteiger partial charge in [0.15, 0.2) is 0 Å². The van der Waals surface area contributed by atoms with E-state index in [1.807, 2.05) is 25.6 Å². The Morgan fingerprint density at radius 3 is 2.75 bits per heavy atom. The third-order valence-electron chi connectivity index (χ3n) is 2.19. The zero-order valence-electron chi connectivity index (χ0n) is 9.32. The number of nitrogens with zero attached hydrogens (tertiary/aromatic N) is 3. The topological polar surface area (TPSA) is 30.7 Å². The molecule has 2 heterocycles. The quantitative estimate of drug-likeness (QED) is 0.811. The first-order chi connectivity index (χ1) is 7.58. The van der Waals surface area contributed by atoms with Gasteiger partial charge in [-0.3, -0.25) is 4.68 Å². The van der Waals surface area contributed by atoms with Gasteiger partial charge in [-0.05, 0) is 29.8 Å². The second kappa shape index (κ2) is 4.89. The van der Waals surface area contributed by atoms with E-state index in [9.17, 15) is 0 Å². The molecule has 2 aromatic heterocycles. The molecule has 0 aliphatic heterocycles. The van der Waals surface area contributed by atoms with Gasteiger partial charge in [0.1, 0.15) is 4.34 Å². The van der Waals surface area contributed by atoms with Crippen molar-refractivity contribution in [2.75, 3.05) is 0 Å². The predicted molar refractivity (Wildman–Crippen MR) is 72.1 cm³/mol. The molecule has 0 unspecified atom stereocenters. The Balaban J connectivity index is 2.10. The molecule has 86 valence electrons. The molecule has 0 aliphatic rings. The van der Waals surface area contributed by atoms with Crippen LogP contribution in [-0.2, 0) is 12.8 Å². The number of thiazole rings is 1. The third kappa shape index (κ3) is 2.49. The lowest BCUT2D eigenvalue weighted by Gasteiger charge is -2.00. The van der Waals surface area contributed by atoms with Crippen molar-refractivity contribution in [1.82, 2.24) is 14.8 Å². The predicted octanol–water partition coefficient (Wildman–Crippen LogP) is 3.55. The van der Waals surface area contributed by atoms with Gasteiger partial charge in [0, 0.05) is 23.9 Å². The molecule has 0 spiro atoms. The minimum atomic E-state index is 0.894. The van der Waals surface area contributed by atoms with Gasteiger partial charge < -0.3 is 0 Å². The molecule has 0 bridgehead atoms. The molecule has 0 atom stereocenters. The molecule has 0 saturated heterocycles. The Morgan fingerprint density at radius 1 is 1.50 bits per heavy atom. The van der Waals surface area contributed by atoms with E-state index in [0.717, 1.165) is 26.0 Å². The molecule has 0 fully saturated rings. The highest BCUT2D eigenvalue weighted by molar-refractivity contribution is 9.10. The lowest BCUT2D eigenvalue weighted by atomic mass is 10.4. The summed E-state index contributed by atoms with van der Waals surface area (Å²) in [6.45, 7) is 4.02. The SMILES string of the molecule is Cc1csc(SCc2c(Br)c(C)nn2C)n1. The Hall–Kier alpha value is -0.330. The van der Waals surface area contributed by atoms with Crippen molar-refractivity contribution in [3.05, 3.63) is 26.9 Å². The molecule has 0 amide bonds. The summed E-state index contributed by atoms with van der Waals surface area (Å²) in [4.78, 5) is 4.43. The van der Waals surface area contributed by atoms with E-state index >= 15 is 0 Å². The van der Waals surface area contributed by atoms with Gasteiger partial charge in [-0.15, -0.1) is 11.3 Å². The first kappa shape index (κ1) is 12.1. The van der Waals surface area contributed by atoms with Crippen LogP contribution >= 0.6 is 39.0 Å². The molecular weight excluding hydrogens is 306 g/mol. The van der Waals surface area contributed by atoms with Crippen molar-refractivity contribution in [1.29, 1.82) is 0 Å². The normalized spacial score (nSPS) is 11.0. The van der Waals surface area contributed by atoms with Gasteiger partial charge in [-0.2, -0.15) is 5.10 Å². The number of halogens is 1. The third-order valence-corrected chi connectivity index (χ3v) is 5.37. The number of rotatable bonds is 3. The Bertz CT molecular complexity index is 504. The van der Waals surface area contributed by atoms with Crippen LogP contribution in [-0.4, -0.2) is 14.8 Å². The van der Waals surface area contributed by atoms with Crippen LogP contribution in [0.4, 0.5) is 0 Å². The second-order valence-corrected chi connectivity index (χ2v) is 6.39. The van der Waals surface area contributed by atoms with Gasteiger partial charge in [0.05, 0.1) is 15.9 Å². The highest BCUT2D eigenvalue weighted by atomic mass is 79.9. The summed E-state index contributed by atoms with van der Waals surface area (Å²) in [7, 11) is 1.97. The highest BCUT2D eigenvalue weighted by Gasteiger charge is 2.11. The molecule has 6 heteroatoms. The molecule has 0 radical (unpaired) electrons. The van der Waals surface area contributed by atoms with Crippen LogP contribution in [0.25, 0.3) is 0 Å². The Kier molecular flexibility index (Phi) is 3.71. The van der Waals surface area contributed by atoms with Crippen LogP contribution < -0.4 is 0 Å². The van der Waals surface area contributed by atoms with Gasteiger partial charge in [0.25, 0.3) is 0 Å². The number of aryl methyl sites for hydroxylation is 3. The van der Waals surface area contributed by atoms with Crippen molar-refractivity contribution in [2.24, 2.45) is 7.05 Å². The van der Waals surface area contributed by atoms with Crippen molar-refractivity contribution in [3.8, 4) is 0 Å². The molecule has 3 nitrogen and oxygen atoms in total. The van der Waals surface area contributed by atoms with Gasteiger partial charge in [-0.1, -0.05) is 11.8 Å². The summed E-state index contributed by atoms with van der Waals surface area (Å²) in [6, 6.07) is 0. The summed E-state index contributed by atoms with van der Waals surface area (Å²) < 4.78 is 4.14. The smallest absolute Gasteiger partial charge is 0.150 e. The number of hydrogen-bond acceptors (Lipinski definition) is 4. The largest absolute Gasteiger partial charge is 0.270 e. The van der Waals surface area contributed by atoms with Crippen molar-refractivity contribution >= 4 is 39.0 Å². The average Bonchev–Trinajstić information content (AvgIpc) is 2.72. The van der Waals surface area contributed by atoms with Gasteiger partial charge in [-0.25, -0.2) is 4.98 Å². The van der Waals surface area contributed by atoms with Crippen LogP contribution in [0.2, 0.25) is 0 Å². The van der Waals surface area contributed by atoms with Crippen LogP contribution in [0, 0.1) is 13.8 Å². The molecule has 0 N–H and O–H groups in total. The fraction of sp³-hybridized carbons (Fsp3) is 0.400. The van der Waals surface area contributed by atoms with Crippen molar-refractivity contribution in [3.63, 3.8) is 0 Å².